The molecule has 2 aliphatic rings. The van der Waals surface area contributed by atoms with Gasteiger partial charge in [0.25, 0.3) is 10.2 Å². The van der Waals surface area contributed by atoms with Crippen molar-refractivity contribution in [2.45, 2.75) is 45.6 Å². The average Bonchev–Trinajstić information content (AvgIpc) is 2.74. The largest absolute Gasteiger partial charge is 0.372 e. The molecule has 2 fully saturated rings. The minimum absolute atomic E-state index is 0.0738. The second-order valence-electron chi connectivity index (χ2n) is 8.98. The molecule has 30 heavy (non-hydrogen) atoms. The van der Waals surface area contributed by atoms with Crippen molar-refractivity contribution in [1.29, 1.82) is 0 Å². The molecule has 8 heteroatoms. The topological polar surface area (TPSA) is 73.0 Å². The molecule has 0 aromatic heterocycles. The minimum Gasteiger partial charge on any atom is -0.372 e. The van der Waals surface area contributed by atoms with Gasteiger partial charge in [-0.25, -0.2) is 0 Å². The molecular formula is C22H36N4O3S. The van der Waals surface area contributed by atoms with Gasteiger partial charge in [-0.15, -0.1) is 0 Å². The number of anilines is 1. The van der Waals surface area contributed by atoms with Gasteiger partial charge in [-0.1, -0.05) is 19.1 Å². The van der Waals surface area contributed by atoms with Crippen molar-refractivity contribution in [3.63, 3.8) is 0 Å². The van der Waals surface area contributed by atoms with Crippen LogP contribution in [0.2, 0.25) is 0 Å². The molecule has 2 atom stereocenters. The van der Waals surface area contributed by atoms with E-state index < -0.39 is 10.2 Å². The van der Waals surface area contributed by atoms with E-state index in [2.05, 4.69) is 41.4 Å². The Hall–Kier alpha value is -1.64. The molecular weight excluding hydrogens is 400 g/mol. The Kier molecular flexibility index (Phi) is 7.42. The van der Waals surface area contributed by atoms with E-state index in [-0.39, 0.29) is 24.4 Å². The zero-order valence-electron chi connectivity index (χ0n) is 18.7. The van der Waals surface area contributed by atoms with Gasteiger partial charge in [0, 0.05) is 46.0 Å². The molecule has 1 N–H and O–H groups in total. The predicted molar refractivity (Wildman–Crippen MR) is 121 cm³/mol. The van der Waals surface area contributed by atoms with Crippen molar-refractivity contribution in [1.82, 2.24) is 13.9 Å². The fraction of sp³-hybridized carbons (Fsp3) is 0.682. The quantitative estimate of drug-likeness (QED) is 0.744. The molecule has 2 heterocycles. The van der Waals surface area contributed by atoms with E-state index in [0.717, 1.165) is 24.6 Å². The Labute approximate surface area is 181 Å². The third-order valence-corrected chi connectivity index (χ3v) is 8.35. The number of piperidine rings is 2. The maximum Gasteiger partial charge on any atom is 0.281 e. The van der Waals surface area contributed by atoms with Crippen LogP contribution in [0.4, 0.5) is 5.69 Å². The van der Waals surface area contributed by atoms with Crippen molar-refractivity contribution in [2.24, 2.45) is 11.8 Å². The normalized spacial score (nSPS) is 22.8. The number of benzene rings is 1. The molecule has 1 aromatic rings. The van der Waals surface area contributed by atoms with E-state index in [1.165, 1.54) is 41.2 Å². The van der Waals surface area contributed by atoms with Crippen molar-refractivity contribution in [3.8, 4) is 0 Å². The number of amides is 1. The molecule has 0 bridgehead atoms. The van der Waals surface area contributed by atoms with Crippen LogP contribution in [0.3, 0.4) is 0 Å². The lowest BCUT2D eigenvalue weighted by Crippen LogP contribution is -2.49. The first-order chi connectivity index (χ1) is 14.2. The first kappa shape index (κ1) is 23.0. The standard InChI is InChI=1S/C22H36N4O3S/c1-17-11-14-25(15-12-17)21-9-7-19(8-10-21)18(2)23-22(27)20-6-5-13-26(16-20)30(28,29)24(3)4/h7-10,17-18,20H,5-6,11-16H2,1-4H3,(H,23,27)/t18-,20+/m0/s1. The van der Waals surface area contributed by atoms with E-state index in [1.807, 2.05) is 6.92 Å². The smallest absolute Gasteiger partial charge is 0.281 e. The number of nitrogens with one attached hydrogen (secondary N) is 1. The van der Waals surface area contributed by atoms with Gasteiger partial charge >= 0.3 is 0 Å². The zero-order valence-corrected chi connectivity index (χ0v) is 19.5. The van der Waals surface area contributed by atoms with Crippen molar-refractivity contribution in [3.05, 3.63) is 29.8 Å². The van der Waals surface area contributed by atoms with Crippen molar-refractivity contribution < 1.29 is 13.2 Å². The molecule has 2 aliphatic heterocycles. The van der Waals surface area contributed by atoms with Crippen LogP contribution in [0.15, 0.2) is 24.3 Å². The number of nitrogens with zero attached hydrogens (tertiary/aromatic N) is 3. The second kappa shape index (κ2) is 9.66. The summed E-state index contributed by atoms with van der Waals surface area (Å²) in [5.74, 6) is 0.417. The summed E-state index contributed by atoms with van der Waals surface area (Å²) < 4.78 is 27.4. The highest BCUT2D eigenvalue weighted by Crippen LogP contribution is 2.25. The third-order valence-electron chi connectivity index (χ3n) is 6.44. The molecule has 168 valence electrons. The number of carbonyl (C=O) groups is 1. The summed E-state index contributed by atoms with van der Waals surface area (Å²) in [6.45, 7) is 7.20. The van der Waals surface area contributed by atoms with E-state index in [9.17, 15) is 13.2 Å². The van der Waals surface area contributed by atoms with Crippen LogP contribution in [0.25, 0.3) is 0 Å². The van der Waals surface area contributed by atoms with E-state index in [1.54, 1.807) is 0 Å². The van der Waals surface area contributed by atoms with Gasteiger partial charge in [0.2, 0.25) is 5.91 Å². The first-order valence-corrected chi connectivity index (χ1v) is 12.4. The number of hydrogen-bond acceptors (Lipinski definition) is 4. The SMILES string of the molecule is CC1CCN(c2ccc([C@H](C)NC(=O)[C@@H]3CCCN(S(=O)(=O)N(C)C)C3)cc2)CC1. The molecule has 0 unspecified atom stereocenters. The molecule has 0 saturated carbocycles. The molecule has 3 rings (SSSR count). The predicted octanol–water partition coefficient (Wildman–Crippen LogP) is 2.62. The molecule has 1 aromatic carbocycles. The lowest BCUT2D eigenvalue weighted by molar-refractivity contribution is -0.126. The summed E-state index contributed by atoms with van der Waals surface area (Å²) in [5, 5.41) is 3.08. The Morgan fingerprint density at radius 1 is 1.10 bits per heavy atom. The van der Waals surface area contributed by atoms with E-state index in [4.69, 9.17) is 0 Å². The van der Waals surface area contributed by atoms with Gasteiger partial charge in [-0.2, -0.15) is 17.0 Å². The summed E-state index contributed by atoms with van der Waals surface area (Å²) in [4.78, 5) is 15.2. The van der Waals surface area contributed by atoms with Crippen LogP contribution in [-0.4, -0.2) is 63.2 Å². The Bertz CT molecular complexity index is 817. The molecule has 1 amide bonds. The van der Waals surface area contributed by atoms with Crippen LogP contribution in [0, 0.1) is 11.8 Å². The molecule has 2 saturated heterocycles. The number of rotatable bonds is 6. The lowest BCUT2D eigenvalue weighted by Gasteiger charge is -2.33. The van der Waals surface area contributed by atoms with Gasteiger partial charge in [-0.3, -0.25) is 4.79 Å². The second-order valence-corrected chi connectivity index (χ2v) is 11.1. The summed E-state index contributed by atoms with van der Waals surface area (Å²) in [6.07, 6.45) is 3.87. The van der Waals surface area contributed by atoms with Crippen LogP contribution >= 0.6 is 0 Å². The molecule has 0 spiro atoms. The average molecular weight is 437 g/mol. The summed E-state index contributed by atoms with van der Waals surface area (Å²) in [7, 11) is -0.438. The Balaban J connectivity index is 1.57. The Morgan fingerprint density at radius 2 is 1.73 bits per heavy atom. The molecule has 7 nitrogen and oxygen atoms in total. The number of hydrogen-bond donors (Lipinski definition) is 1. The third kappa shape index (κ3) is 5.34. The van der Waals surface area contributed by atoms with Gasteiger partial charge < -0.3 is 10.2 Å². The fourth-order valence-corrected chi connectivity index (χ4v) is 5.44. The highest BCUT2D eigenvalue weighted by atomic mass is 32.2. The van der Waals surface area contributed by atoms with Crippen LogP contribution < -0.4 is 10.2 Å². The van der Waals surface area contributed by atoms with Gasteiger partial charge in [0.05, 0.1) is 12.0 Å². The summed E-state index contributed by atoms with van der Waals surface area (Å²) in [6, 6.07) is 8.33. The minimum atomic E-state index is -3.48. The number of carbonyl (C=O) groups excluding carboxylic acids is 1. The highest BCUT2D eigenvalue weighted by molar-refractivity contribution is 7.86. The molecule has 0 aliphatic carbocycles. The van der Waals surface area contributed by atoms with Crippen LogP contribution in [0.5, 0.6) is 0 Å². The lowest BCUT2D eigenvalue weighted by atomic mass is 9.97. The van der Waals surface area contributed by atoms with Gasteiger partial charge in [0.1, 0.15) is 0 Å². The maximum absolute atomic E-state index is 12.8. The van der Waals surface area contributed by atoms with Crippen molar-refractivity contribution >= 4 is 21.8 Å². The zero-order chi connectivity index (χ0) is 21.9. The van der Waals surface area contributed by atoms with Crippen LogP contribution in [0.1, 0.15) is 51.1 Å². The molecule has 0 radical (unpaired) electrons. The van der Waals surface area contributed by atoms with E-state index >= 15 is 0 Å². The monoisotopic (exact) mass is 436 g/mol. The van der Waals surface area contributed by atoms with E-state index in [0.29, 0.717) is 19.4 Å². The Morgan fingerprint density at radius 3 is 2.33 bits per heavy atom. The van der Waals surface area contributed by atoms with Crippen molar-refractivity contribution in [2.75, 3.05) is 45.2 Å². The summed E-state index contributed by atoms with van der Waals surface area (Å²) in [5.41, 5.74) is 2.30. The first-order valence-electron chi connectivity index (χ1n) is 11.0. The maximum atomic E-state index is 12.8. The fourth-order valence-electron chi connectivity index (χ4n) is 4.25. The van der Waals surface area contributed by atoms with Gasteiger partial charge in [0.15, 0.2) is 0 Å². The summed E-state index contributed by atoms with van der Waals surface area (Å²) >= 11 is 0. The van der Waals surface area contributed by atoms with Crippen LogP contribution in [-0.2, 0) is 15.0 Å². The van der Waals surface area contributed by atoms with Gasteiger partial charge in [-0.05, 0) is 56.2 Å². The highest BCUT2D eigenvalue weighted by Gasteiger charge is 2.33.